The van der Waals surface area contributed by atoms with E-state index in [1.807, 2.05) is 10.3 Å². The zero-order valence-corrected chi connectivity index (χ0v) is 4.84. The van der Waals surface area contributed by atoms with Crippen molar-refractivity contribution in [2.75, 3.05) is 0 Å². The maximum atomic E-state index is 4.16. The van der Waals surface area contributed by atoms with E-state index in [1.54, 1.807) is 0 Å². The summed E-state index contributed by atoms with van der Waals surface area (Å²) in [6, 6.07) is 0. The van der Waals surface area contributed by atoms with E-state index in [0.717, 1.165) is 0 Å². The van der Waals surface area contributed by atoms with Crippen molar-refractivity contribution in [2.45, 2.75) is 0 Å². The molecule has 0 unspecified atom stereocenters. The average molecular weight is 131 g/mol. The van der Waals surface area contributed by atoms with Crippen molar-refractivity contribution in [2.24, 2.45) is 10.2 Å². The van der Waals surface area contributed by atoms with Gasteiger partial charge < -0.3 is 0 Å². The van der Waals surface area contributed by atoms with Gasteiger partial charge >= 0.3 is 0 Å². The fourth-order valence-corrected chi connectivity index (χ4v) is 0.147. The normalized spacial score (nSPS) is 5.14. The molecule has 36 valence electrons. The minimum absolute atomic E-state index is 2.02. The summed E-state index contributed by atoms with van der Waals surface area (Å²) in [5.41, 5.74) is 2.10. The molecule has 1 N–H and O–H groups in total. The van der Waals surface area contributed by atoms with Crippen molar-refractivity contribution in [1.82, 2.24) is 5.53 Å². The number of nitrogens with one attached hydrogen (secondary N) is 1. The van der Waals surface area contributed by atoms with Crippen LogP contribution in [0.5, 0.6) is 0 Å². The summed E-state index contributed by atoms with van der Waals surface area (Å²) >= 11 is 8.33. The van der Waals surface area contributed by atoms with Crippen LogP contribution in [0, 0.1) is 0 Å². The lowest BCUT2D eigenvalue weighted by atomic mass is 11.7. The number of hydrogen-bond acceptors (Lipinski definition) is 5. The van der Waals surface area contributed by atoms with Crippen molar-refractivity contribution in [3.05, 3.63) is 0 Å². The van der Waals surface area contributed by atoms with Gasteiger partial charge in [-0.3, -0.25) is 0 Å². The summed E-state index contributed by atoms with van der Waals surface area (Å²) < 4.78 is 0. The maximum absolute atomic E-state index is 4.16. The van der Waals surface area contributed by atoms with Crippen LogP contribution in [0.15, 0.2) is 10.2 Å². The summed E-state index contributed by atoms with van der Waals surface area (Å²) in [6.07, 6.45) is 0. The van der Waals surface area contributed by atoms with Gasteiger partial charge in [-0.05, 0) is 24.4 Å². The van der Waals surface area contributed by atoms with Crippen LogP contribution in [-0.2, 0) is 0 Å². The molecule has 0 aromatic rings. The van der Waals surface area contributed by atoms with E-state index in [1.165, 1.54) is 0 Å². The quantitative estimate of drug-likeness (QED) is 0.339. The molecule has 7 heavy (non-hydrogen) atoms. The van der Waals surface area contributed by atoms with Crippen LogP contribution < -0.4 is 5.53 Å². The van der Waals surface area contributed by atoms with E-state index in [-0.39, 0.29) is 0 Å². The van der Waals surface area contributed by atoms with Crippen LogP contribution in [0.3, 0.4) is 0 Å². The van der Waals surface area contributed by atoms with Crippen LogP contribution >= 0.6 is 24.4 Å². The number of thiocarbonyl (C=S) groups is 2. The van der Waals surface area contributed by atoms with Crippen LogP contribution in [0.2, 0.25) is 0 Å². The van der Waals surface area contributed by atoms with Gasteiger partial charge in [-0.25, -0.2) is 0 Å². The van der Waals surface area contributed by atoms with Crippen LogP contribution in [-0.4, -0.2) is 10.3 Å². The van der Waals surface area contributed by atoms with Crippen molar-refractivity contribution >= 4 is 34.8 Å². The molecule has 0 aromatic heterocycles. The third-order valence-corrected chi connectivity index (χ3v) is 0.374. The second kappa shape index (κ2) is 5.40. The molecule has 0 aliphatic heterocycles. The molecule has 0 bridgehead atoms. The molecular weight excluding hydrogens is 130 g/mol. The van der Waals surface area contributed by atoms with Gasteiger partial charge in [-0.15, -0.1) is 10.2 Å². The summed E-state index contributed by atoms with van der Waals surface area (Å²) in [7, 11) is 0. The largest absolute Gasteiger partial charge is 0.180 e. The highest BCUT2D eigenvalue weighted by Crippen LogP contribution is 1.51. The van der Waals surface area contributed by atoms with E-state index >= 15 is 0 Å². The standard InChI is InChI=1S/C2HN3S2/c6-1-3-5-4-2-7/h5H. The zero-order chi connectivity index (χ0) is 5.54. The predicted molar refractivity (Wildman–Crippen MR) is 33.2 cm³/mol. The number of hydrogen-bond donors (Lipinski definition) is 1. The summed E-state index contributed by atoms with van der Waals surface area (Å²) in [5, 5.41) is 10.4. The van der Waals surface area contributed by atoms with Gasteiger partial charge in [0, 0.05) is 0 Å². The number of rotatable bonds is 2. The van der Waals surface area contributed by atoms with Gasteiger partial charge in [0.1, 0.15) is 0 Å². The van der Waals surface area contributed by atoms with E-state index in [2.05, 4.69) is 40.2 Å². The first kappa shape index (κ1) is 6.40. The topological polar surface area (TPSA) is 36.8 Å². The SMILES string of the molecule is S=C=NNN=C=S. The van der Waals surface area contributed by atoms with Crippen molar-refractivity contribution < 1.29 is 0 Å². The summed E-state index contributed by atoms with van der Waals surface area (Å²) in [5.74, 6) is 0. The molecule has 0 aliphatic carbocycles. The van der Waals surface area contributed by atoms with Gasteiger partial charge in [0.05, 0.1) is 10.3 Å². The van der Waals surface area contributed by atoms with E-state index in [4.69, 9.17) is 0 Å². The zero-order valence-electron chi connectivity index (χ0n) is 3.21. The lowest BCUT2D eigenvalue weighted by Gasteiger charge is -1.72. The number of hydrazone groups is 2. The third-order valence-electron chi connectivity index (χ3n) is 0.191. The molecule has 0 saturated heterocycles. The Labute approximate surface area is 51.1 Å². The molecule has 0 aromatic carbocycles. The fraction of sp³-hybridized carbons (Fsp3) is 0. The van der Waals surface area contributed by atoms with Crippen molar-refractivity contribution in [1.29, 1.82) is 0 Å². The maximum Gasteiger partial charge on any atom is 0.0865 e. The van der Waals surface area contributed by atoms with Gasteiger partial charge in [0.2, 0.25) is 0 Å². The van der Waals surface area contributed by atoms with Gasteiger partial charge in [0.25, 0.3) is 0 Å². The molecule has 0 atom stereocenters. The molecule has 0 radical (unpaired) electrons. The first-order valence-electron chi connectivity index (χ1n) is 1.30. The molecule has 0 amide bonds. The smallest absolute Gasteiger partial charge is 0.0865 e. The predicted octanol–water partition coefficient (Wildman–Crippen LogP) is 0.612. The lowest BCUT2D eigenvalue weighted by Crippen LogP contribution is -1.88. The van der Waals surface area contributed by atoms with Gasteiger partial charge in [0.15, 0.2) is 0 Å². The molecule has 0 heterocycles. The minimum atomic E-state index is 2.02. The Balaban J connectivity index is 3.33. The molecule has 0 rings (SSSR count). The Morgan fingerprint density at radius 3 is 1.86 bits per heavy atom. The summed E-state index contributed by atoms with van der Waals surface area (Å²) in [6.45, 7) is 0. The highest BCUT2D eigenvalue weighted by molar-refractivity contribution is 7.78. The van der Waals surface area contributed by atoms with Crippen molar-refractivity contribution in [3.8, 4) is 0 Å². The van der Waals surface area contributed by atoms with Crippen LogP contribution in [0.4, 0.5) is 0 Å². The van der Waals surface area contributed by atoms with E-state index < -0.39 is 0 Å². The minimum Gasteiger partial charge on any atom is -0.180 e. The Morgan fingerprint density at radius 1 is 1.14 bits per heavy atom. The molecule has 3 nitrogen and oxygen atoms in total. The molecule has 5 heteroatoms. The monoisotopic (exact) mass is 131 g/mol. The number of isothiocyanates is 2. The molecule has 0 fully saturated rings. The first-order chi connectivity index (χ1) is 3.41. The molecular formula is C2HN3S2. The Bertz CT molecular complexity index is 114. The average Bonchev–Trinajstić information content (AvgIpc) is 1.69. The van der Waals surface area contributed by atoms with Crippen molar-refractivity contribution in [3.63, 3.8) is 0 Å². The van der Waals surface area contributed by atoms with E-state index in [0.29, 0.717) is 0 Å². The Morgan fingerprint density at radius 2 is 1.57 bits per heavy atom. The lowest BCUT2D eigenvalue weighted by molar-refractivity contribution is 0.824. The second-order valence-corrected chi connectivity index (χ2v) is 0.871. The van der Waals surface area contributed by atoms with Crippen LogP contribution in [0.1, 0.15) is 0 Å². The molecule has 0 spiro atoms. The van der Waals surface area contributed by atoms with Gasteiger partial charge in [-0.1, -0.05) is 0 Å². The highest BCUT2D eigenvalue weighted by Gasteiger charge is 1.53. The Kier molecular flexibility index (Phi) is 4.94. The van der Waals surface area contributed by atoms with Crippen LogP contribution in [0.25, 0.3) is 0 Å². The van der Waals surface area contributed by atoms with Gasteiger partial charge in [-0.2, -0.15) is 5.53 Å². The number of nitrogens with zero attached hydrogens (tertiary/aromatic N) is 2. The third kappa shape index (κ3) is 5.40. The fourth-order valence-electron chi connectivity index (χ4n) is 0.0658. The van der Waals surface area contributed by atoms with E-state index in [9.17, 15) is 0 Å². The summed E-state index contributed by atoms with van der Waals surface area (Å²) in [4.78, 5) is 0. The molecule has 0 saturated carbocycles. The Hall–Kier alpha value is -0.600. The molecule has 0 aliphatic rings. The first-order valence-corrected chi connectivity index (χ1v) is 2.12. The highest BCUT2D eigenvalue weighted by atomic mass is 32.1. The second-order valence-electron chi connectivity index (χ2n) is 0.506.